The molecule has 7 nitrogen and oxygen atoms in total. The highest BCUT2D eigenvalue weighted by molar-refractivity contribution is 6.17. The highest BCUT2D eigenvalue weighted by Crippen LogP contribution is 2.62. The SMILES string of the molecule is COc1ccc(OC)c(C(=O)C2C(C(=O)c3ccccc3)C3(C(=O)Nc4ccccc43)C3c4ccccc4C=CN23)c1. The van der Waals surface area contributed by atoms with E-state index < -0.39 is 23.4 Å². The van der Waals surface area contributed by atoms with Crippen molar-refractivity contribution in [2.75, 3.05) is 19.5 Å². The molecule has 0 aromatic heterocycles. The first-order valence-electron chi connectivity index (χ1n) is 13.8. The third-order valence-electron chi connectivity index (χ3n) is 8.85. The molecule has 0 bridgehead atoms. The van der Waals surface area contributed by atoms with Crippen LogP contribution < -0.4 is 14.8 Å². The zero-order valence-corrected chi connectivity index (χ0v) is 23.1. The Labute approximate surface area is 243 Å². The maximum atomic E-state index is 14.9. The Morgan fingerprint density at radius 2 is 1.57 bits per heavy atom. The van der Waals surface area contributed by atoms with E-state index in [9.17, 15) is 14.4 Å². The van der Waals surface area contributed by atoms with Crippen LogP contribution >= 0.6 is 0 Å². The van der Waals surface area contributed by atoms with Crippen molar-refractivity contribution < 1.29 is 23.9 Å². The van der Waals surface area contributed by atoms with Crippen LogP contribution in [0.5, 0.6) is 11.5 Å². The molecule has 0 radical (unpaired) electrons. The summed E-state index contributed by atoms with van der Waals surface area (Å²) in [6, 6.07) is 27.6. The maximum absolute atomic E-state index is 14.9. The van der Waals surface area contributed by atoms with Gasteiger partial charge in [-0.1, -0.05) is 72.8 Å². The van der Waals surface area contributed by atoms with Crippen LogP contribution in [0.25, 0.3) is 6.08 Å². The molecule has 1 saturated heterocycles. The first-order valence-corrected chi connectivity index (χ1v) is 13.8. The largest absolute Gasteiger partial charge is 0.497 e. The van der Waals surface area contributed by atoms with Gasteiger partial charge >= 0.3 is 0 Å². The van der Waals surface area contributed by atoms with Crippen molar-refractivity contribution >= 4 is 29.2 Å². The van der Waals surface area contributed by atoms with Crippen LogP contribution in [0.4, 0.5) is 5.69 Å². The number of ketones is 2. The van der Waals surface area contributed by atoms with Crippen LogP contribution in [0.2, 0.25) is 0 Å². The van der Waals surface area contributed by atoms with Crippen molar-refractivity contribution in [1.29, 1.82) is 0 Å². The van der Waals surface area contributed by atoms with Crippen molar-refractivity contribution in [3.63, 3.8) is 0 Å². The van der Waals surface area contributed by atoms with Gasteiger partial charge < -0.3 is 19.7 Å². The molecule has 3 aliphatic heterocycles. The van der Waals surface area contributed by atoms with Crippen LogP contribution in [-0.2, 0) is 10.2 Å². The third-order valence-corrected chi connectivity index (χ3v) is 8.85. The topological polar surface area (TPSA) is 84.9 Å². The monoisotopic (exact) mass is 556 g/mol. The van der Waals surface area contributed by atoms with E-state index in [4.69, 9.17) is 9.47 Å². The van der Waals surface area contributed by atoms with Crippen molar-refractivity contribution in [3.8, 4) is 11.5 Å². The summed E-state index contributed by atoms with van der Waals surface area (Å²) in [5.41, 5.74) is 2.49. The summed E-state index contributed by atoms with van der Waals surface area (Å²) in [5.74, 6) is -1.12. The minimum Gasteiger partial charge on any atom is -0.497 e. The zero-order valence-electron chi connectivity index (χ0n) is 23.1. The van der Waals surface area contributed by atoms with E-state index in [2.05, 4.69) is 5.32 Å². The smallest absolute Gasteiger partial charge is 0.238 e. The molecule has 0 saturated carbocycles. The molecule has 1 spiro atoms. The van der Waals surface area contributed by atoms with Gasteiger partial charge in [0.2, 0.25) is 5.91 Å². The first-order chi connectivity index (χ1) is 20.5. The number of Topliss-reactive ketones (excluding diaryl/α,β-unsaturated/α-hetero) is 2. The fourth-order valence-electron chi connectivity index (χ4n) is 7.12. The lowest BCUT2D eigenvalue weighted by molar-refractivity contribution is -0.122. The van der Waals surface area contributed by atoms with E-state index in [-0.39, 0.29) is 23.0 Å². The lowest BCUT2D eigenvalue weighted by Gasteiger charge is -2.38. The molecule has 4 unspecified atom stereocenters. The second-order valence-corrected chi connectivity index (χ2v) is 10.7. The quantitative estimate of drug-likeness (QED) is 0.308. The minimum atomic E-state index is -1.39. The molecule has 0 aliphatic carbocycles. The Hall–Kier alpha value is -5.17. The van der Waals surface area contributed by atoms with Crippen LogP contribution in [0, 0.1) is 5.92 Å². The summed E-state index contributed by atoms with van der Waals surface area (Å²) >= 11 is 0. The van der Waals surface area contributed by atoms with Crippen LogP contribution in [-0.4, -0.2) is 42.6 Å². The number of anilines is 1. The summed E-state index contributed by atoms with van der Waals surface area (Å²) < 4.78 is 11.1. The van der Waals surface area contributed by atoms with Crippen molar-refractivity contribution in [1.82, 2.24) is 4.90 Å². The molecule has 42 heavy (non-hydrogen) atoms. The van der Waals surface area contributed by atoms with Gasteiger partial charge in [0.25, 0.3) is 0 Å². The Bertz CT molecular complexity index is 1780. The molecule has 3 aliphatic rings. The number of nitrogens with one attached hydrogen (secondary N) is 1. The number of methoxy groups -OCH3 is 2. The molecule has 1 amide bonds. The van der Waals surface area contributed by atoms with E-state index in [0.29, 0.717) is 28.3 Å². The molecule has 4 aromatic carbocycles. The highest BCUT2D eigenvalue weighted by atomic mass is 16.5. The van der Waals surface area contributed by atoms with Crippen molar-refractivity contribution in [2.45, 2.75) is 17.5 Å². The second kappa shape index (κ2) is 9.73. The van der Waals surface area contributed by atoms with Gasteiger partial charge in [-0.15, -0.1) is 0 Å². The minimum absolute atomic E-state index is 0.275. The summed E-state index contributed by atoms with van der Waals surface area (Å²) in [4.78, 5) is 46.1. The molecule has 1 N–H and O–H groups in total. The van der Waals surface area contributed by atoms with E-state index in [1.807, 2.05) is 71.8 Å². The van der Waals surface area contributed by atoms with Gasteiger partial charge in [-0.3, -0.25) is 14.4 Å². The summed E-state index contributed by atoms with van der Waals surface area (Å²) in [6.45, 7) is 0. The molecule has 208 valence electrons. The number of hydrogen-bond donors (Lipinski definition) is 1. The standard InChI is InChI=1S/C35H28N2O5/c1-41-23-16-17-28(42-2)25(20-23)32(39)30-29(31(38)22-11-4-3-5-12-22)35(26-14-8-9-15-27(26)36-34(35)40)33-24-13-7-6-10-21(24)18-19-37(30)33/h3-20,29-30,33H,1-2H3,(H,36,40). The number of nitrogens with zero attached hydrogens (tertiary/aromatic N) is 1. The number of hydrogen-bond acceptors (Lipinski definition) is 6. The number of fused-ring (bicyclic) bond motifs is 6. The van der Waals surface area contributed by atoms with Gasteiger partial charge in [0.1, 0.15) is 23.0 Å². The van der Waals surface area contributed by atoms with Gasteiger partial charge in [-0.2, -0.15) is 0 Å². The molecular weight excluding hydrogens is 528 g/mol. The zero-order chi connectivity index (χ0) is 29.0. The third kappa shape index (κ3) is 3.49. The number of carbonyl (C=O) groups excluding carboxylic acids is 3. The predicted octanol–water partition coefficient (Wildman–Crippen LogP) is 5.69. The first kappa shape index (κ1) is 25.8. The number of para-hydroxylation sites is 1. The number of carbonyl (C=O) groups is 3. The molecule has 7 rings (SSSR count). The Kier molecular flexibility index (Phi) is 5.97. The fourth-order valence-corrected chi connectivity index (χ4v) is 7.12. The number of rotatable bonds is 6. The van der Waals surface area contributed by atoms with Crippen LogP contribution in [0.15, 0.2) is 103 Å². The summed E-state index contributed by atoms with van der Waals surface area (Å²) in [6.07, 6.45) is 3.80. The number of amides is 1. The Morgan fingerprint density at radius 1 is 0.833 bits per heavy atom. The van der Waals surface area contributed by atoms with E-state index >= 15 is 0 Å². The van der Waals surface area contributed by atoms with Gasteiger partial charge in [-0.05, 0) is 47.0 Å². The Morgan fingerprint density at radius 3 is 2.36 bits per heavy atom. The van der Waals surface area contributed by atoms with Gasteiger partial charge in [0.15, 0.2) is 11.6 Å². The second-order valence-electron chi connectivity index (χ2n) is 10.7. The van der Waals surface area contributed by atoms with Crippen molar-refractivity contribution in [2.24, 2.45) is 5.92 Å². The van der Waals surface area contributed by atoms with Crippen LogP contribution in [0.1, 0.15) is 43.4 Å². The fraction of sp³-hybridized carbons (Fsp3) is 0.171. The van der Waals surface area contributed by atoms with E-state index in [0.717, 1.165) is 11.1 Å². The lowest BCUT2D eigenvalue weighted by Crippen LogP contribution is -2.49. The van der Waals surface area contributed by atoms with Crippen LogP contribution in [0.3, 0.4) is 0 Å². The molecule has 7 heteroatoms. The summed E-state index contributed by atoms with van der Waals surface area (Å²) in [7, 11) is 3.03. The maximum Gasteiger partial charge on any atom is 0.238 e. The average molecular weight is 557 g/mol. The molecule has 4 aromatic rings. The Balaban J connectivity index is 1.54. The normalized spacial score (nSPS) is 23.1. The van der Waals surface area contributed by atoms with Gasteiger partial charge in [0, 0.05) is 17.5 Å². The molecule has 4 atom stereocenters. The van der Waals surface area contributed by atoms with Gasteiger partial charge in [-0.25, -0.2) is 0 Å². The summed E-state index contributed by atoms with van der Waals surface area (Å²) in [5, 5.41) is 3.07. The molecule has 3 heterocycles. The lowest BCUT2D eigenvalue weighted by atomic mass is 9.62. The average Bonchev–Trinajstić information content (AvgIpc) is 3.52. The predicted molar refractivity (Wildman–Crippen MR) is 159 cm³/mol. The highest BCUT2D eigenvalue weighted by Gasteiger charge is 2.70. The number of ether oxygens (including phenoxy) is 2. The number of benzene rings is 4. The molecule has 1 fully saturated rings. The van der Waals surface area contributed by atoms with E-state index in [1.54, 1.807) is 42.5 Å². The van der Waals surface area contributed by atoms with Crippen molar-refractivity contribution in [3.05, 3.63) is 131 Å². The van der Waals surface area contributed by atoms with E-state index in [1.165, 1.54) is 14.2 Å². The molecular formula is C35H28N2O5. The van der Waals surface area contributed by atoms with Gasteiger partial charge in [0.05, 0.1) is 31.7 Å².